The largest absolute Gasteiger partial charge is 0.313 e. The molecule has 0 spiro atoms. The summed E-state index contributed by atoms with van der Waals surface area (Å²) in [6.45, 7) is 10.1. The van der Waals surface area contributed by atoms with Crippen molar-refractivity contribution in [3.8, 4) is 0 Å². The third-order valence-corrected chi connectivity index (χ3v) is 5.81. The fourth-order valence-corrected chi connectivity index (χ4v) is 4.65. The predicted octanol–water partition coefficient (Wildman–Crippen LogP) is 1.14. The number of nitrogens with zero attached hydrogens (tertiary/aromatic N) is 1. The average Bonchev–Trinajstić information content (AvgIpc) is 2.15. The molecule has 1 saturated heterocycles. The van der Waals surface area contributed by atoms with Gasteiger partial charge < -0.3 is 5.32 Å². The van der Waals surface area contributed by atoms with Crippen molar-refractivity contribution in [2.24, 2.45) is 0 Å². The second-order valence-electron chi connectivity index (χ2n) is 5.37. The number of sulfonamides is 1. The lowest BCUT2D eigenvalue weighted by molar-refractivity contribution is 0.386. The van der Waals surface area contributed by atoms with Crippen LogP contribution in [0, 0.1) is 0 Å². The number of nitrogens with one attached hydrogen (secondary N) is 1. The highest BCUT2D eigenvalue weighted by Gasteiger charge is 2.33. The van der Waals surface area contributed by atoms with E-state index in [-0.39, 0.29) is 10.5 Å². The Morgan fingerprint density at radius 3 is 2.59 bits per heavy atom. The molecule has 0 amide bonds. The van der Waals surface area contributed by atoms with Crippen molar-refractivity contribution in [2.75, 3.05) is 31.1 Å². The number of thioether (sulfide) groups is 1. The maximum atomic E-state index is 12.1. The highest BCUT2D eigenvalue weighted by molar-refractivity contribution is 8.00. The summed E-state index contributed by atoms with van der Waals surface area (Å²) >= 11 is 1.85. The van der Waals surface area contributed by atoms with Gasteiger partial charge in [-0.1, -0.05) is 13.8 Å². The second-order valence-corrected chi connectivity index (χ2v) is 9.26. The van der Waals surface area contributed by atoms with Crippen LogP contribution in [0.25, 0.3) is 0 Å². The Morgan fingerprint density at radius 1 is 1.41 bits per heavy atom. The summed E-state index contributed by atoms with van der Waals surface area (Å²) in [4.78, 5) is 0. The second kappa shape index (κ2) is 5.91. The van der Waals surface area contributed by atoms with Gasteiger partial charge in [0.05, 0.1) is 5.75 Å². The lowest BCUT2D eigenvalue weighted by atomic mass is 10.2. The third kappa shape index (κ3) is 5.16. The molecule has 4 nitrogen and oxygen atoms in total. The van der Waals surface area contributed by atoms with Gasteiger partial charge in [-0.05, 0) is 13.8 Å². The minimum Gasteiger partial charge on any atom is -0.313 e. The normalized spacial score (nSPS) is 21.9. The molecule has 102 valence electrons. The molecule has 0 saturated carbocycles. The zero-order chi connectivity index (χ0) is 13.1. The summed E-state index contributed by atoms with van der Waals surface area (Å²) in [5.74, 6) is 1.09. The van der Waals surface area contributed by atoms with E-state index in [1.807, 2.05) is 25.6 Å². The molecule has 0 atom stereocenters. The standard InChI is InChI=1S/C11H24N2O2S2/c1-10(2)12-5-8-17(14,15)13-6-7-16-11(3,4)9-13/h10,12H,5-9H2,1-4H3. The highest BCUT2D eigenvalue weighted by Crippen LogP contribution is 2.30. The summed E-state index contributed by atoms with van der Waals surface area (Å²) < 4.78 is 25.9. The van der Waals surface area contributed by atoms with Crippen LogP contribution < -0.4 is 5.32 Å². The monoisotopic (exact) mass is 280 g/mol. The Balaban J connectivity index is 2.52. The fraction of sp³-hybridized carbons (Fsp3) is 1.00. The SMILES string of the molecule is CC(C)NCCS(=O)(=O)N1CCSC(C)(C)C1. The molecule has 0 aromatic carbocycles. The molecule has 0 aromatic heterocycles. The van der Waals surface area contributed by atoms with Crippen LogP contribution in [-0.4, -0.2) is 54.7 Å². The first-order valence-corrected chi connectivity index (χ1v) is 8.68. The molecule has 0 bridgehead atoms. The molecule has 0 unspecified atom stereocenters. The van der Waals surface area contributed by atoms with Crippen molar-refractivity contribution in [3.63, 3.8) is 0 Å². The van der Waals surface area contributed by atoms with E-state index in [9.17, 15) is 8.42 Å². The van der Waals surface area contributed by atoms with Crippen LogP contribution in [0.15, 0.2) is 0 Å². The maximum Gasteiger partial charge on any atom is 0.215 e. The van der Waals surface area contributed by atoms with Crippen LogP contribution in [0.4, 0.5) is 0 Å². The minimum atomic E-state index is -3.09. The molecule has 1 rings (SSSR count). The van der Waals surface area contributed by atoms with Crippen molar-refractivity contribution in [3.05, 3.63) is 0 Å². The fourth-order valence-electron chi connectivity index (χ4n) is 1.82. The van der Waals surface area contributed by atoms with E-state index in [4.69, 9.17) is 0 Å². The number of hydrogen-bond donors (Lipinski definition) is 1. The highest BCUT2D eigenvalue weighted by atomic mass is 32.2. The summed E-state index contributed by atoms with van der Waals surface area (Å²) in [7, 11) is -3.09. The number of hydrogen-bond acceptors (Lipinski definition) is 4. The molecule has 1 heterocycles. The van der Waals surface area contributed by atoms with Gasteiger partial charge >= 0.3 is 0 Å². The Hall–Kier alpha value is 0.220. The van der Waals surface area contributed by atoms with Gasteiger partial charge in [0.1, 0.15) is 0 Å². The quantitative estimate of drug-likeness (QED) is 0.820. The van der Waals surface area contributed by atoms with E-state index in [2.05, 4.69) is 19.2 Å². The van der Waals surface area contributed by atoms with Crippen molar-refractivity contribution >= 4 is 21.8 Å². The van der Waals surface area contributed by atoms with E-state index in [0.29, 0.717) is 25.7 Å². The Kier molecular flexibility index (Phi) is 5.31. The van der Waals surface area contributed by atoms with Crippen molar-refractivity contribution < 1.29 is 8.42 Å². The van der Waals surface area contributed by atoms with Crippen LogP contribution in [-0.2, 0) is 10.0 Å². The summed E-state index contributed by atoms with van der Waals surface area (Å²) in [6.07, 6.45) is 0. The van der Waals surface area contributed by atoms with Gasteiger partial charge in [-0.3, -0.25) is 0 Å². The smallest absolute Gasteiger partial charge is 0.215 e. The Bertz CT molecular complexity index is 339. The van der Waals surface area contributed by atoms with Crippen LogP contribution in [0.5, 0.6) is 0 Å². The van der Waals surface area contributed by atoms with Gasteiger partial charge in [0.25, 0.3) is 0 Å². The summed E-state index contributed by atoms with van der Waals surface area (Å²) in [5, 5.41) is 3.15. The van der Waals surface area contributed by atoms with E-state index in [1.165, 1.54) is 0 Å². The van der Waals surface area contributed by atoms with Crippen LogP contribution in [0.2, 0.25) is 0 Å². The van der Waals surface area contributed by atoms with E-state index in [0.717, 1.165) is 5.75 Å². The number of rotatable bonds is 5. The van der Waals surface area contributed by atoms with E-state index >= 15 is 0 Å². The van der Waals surface area contributed by atoms with Crippen molar-refractivity contribution in [1.82, 2.24) is 9.62 Å². The molecule has 1 aliphatic rings. The topological polar surface area (TPSA) is 49.4 Å². The first-order valence-electron chi connectivity index (χ1n) is 6.08. The molecule has 1 fully saturated rings. The van der Waals surface area contributed by atoms with Crippen LogP contribution in [0.3, 0.4) is 0 Å². The van der Waals surface area contributed by atoms with Crippen molar-refractivity contribution in [1.29, 1.82) is 0 Å². The third-order valence-electron chi connectivity index (χ3n) is 2.70. The zero-order valence-electron chi connectivity index (χ0n) is 11.2. The molecule has 0 radical (unpaired) electrons. The first-order chi connectivity index (χ1) is 7.73. The molecule has 1 aliphatic heterocycles. The molecular weight excluding hydrogens is 256 g/mol. The summed E-state index contributed by atoms with van der Waals surface area (Å²) in [5.41, 5.74) is 0. The van der Waals surface area contributed by atoms with Gasteiger partial charge in [0.15, 0.2) is 0 Å². The van der Waals surface area contributed by atoms with Gasteiger partial charge in [-0.2, -0.15) is 16.1 Å². The van der Waals surface area contributed by atoms with Gasteiger partial charge in [-0.25, -0.2) is 8.42 Å². The van der Waals surface area contributed by atoms with Gasteiger partial charge in [-0.15, -0.1) is 0 Å². The Morgan fingerprint density at radius 2 is 2.06 bits per heavy atom. The zero-order valence-corrected chi connectivity index (χ0v) is 12.8. The van der Waals surface area contributed by atoms with E-state index < -0.39 is 10.0 Å². The molecule has 1 N–H and O–H groups in total. The van der Waals surface area contributed by atoms with E-state index in [1.54, 1.807) is 4.31 Å². The molecule has 0 aromatic rings. The Labute approximate surface area is 110 Å². The van der Waals surface area contributed by atoms with Crippen LogP contribution >= 0.6 is 11.8 Å². The molecule has 0 aliphatic carbocycles. The minimum absolute atomic E-state index is 0.0385. The summed E-state index contributed by atoms with van der Waals surface area (Å²) in [6, 6.07) is 0.332. The van der Waals surface area contributed by atoms with Crippen molar-refractivity contribution in [2.45, 2.75) is 38.5 Å². The van der Waals surface area contributed by atoms with Gasteiger partial charge in [0, 0.05) is 36.2 Å². The lowest BCUT2D eigenvalue weighted by Crippen LogP contribution is -2.48. The molecule has 6 heteroatoms. The molecule has 17 heavy (non-hydrogen) atoms. The maximum absolute atomic E-state index is 12.1. The lowest BCUT2D eigenvalue weighted by Gasteiger charge is -2.36. The average molecular weight is 280 g/mol. The van der Waals surface area contributed by atoms with Gasteiger partial charge in [0.2, 0.25) is 10.0 Å². The first kappa shape index (κ1) is 15.3. The predicted molar refractivity (Wildman–Crippen MR) is 75.0 cm³/mol. The van der Waals surface area contributed by atoms with Crippen LogP contribution in [0.1, 0.15) is 27.7 Å². The molecular formula is C11H24N2O2S2.